The van der Waals surface area contributed by atoms with Gasteiger partial charge >= 0.3 is 0 Å². The zero-order valence-corrected chi connectivity index (χ0v) is 12.7. The van der Waals surface area contributed by atoms with Gasteiger partial charge in [-0.05, 0) is 36.5 Å². The van der Waals surface area contributed by atoms with Crippen LogP contribution in [-0.2, 0) is 0 Å². The fourth-order valence-electron chi connectivity index (χ4n) is 1.84. The third kappa shape index (κ3) is 2.85. The largest absolute Gasteiger partial charge is 0.306 e. The molecule has 0 aliphatic carbocycles. The molecule has 0 saturated carbocycles. The Morgan fingerprint density at radius 3 is 2.59 bits per heavy atom. The van der Waals surface area contributed by atoms with Gasteiger partial charge < -0.3 is 5.32 Å². The average Bonchev–Trinajstić information content (AvgIpc) is 2.82. The van der Waals surface area contributed by atoms with E-state index in [9.17, 15) is 0 Å². The van der Waals surface area contributed by atoms with Gasteiger partial charge in [-0.1, -0.05) is 30.1 Å². The highest BCUT2D eigenvalue weighted by atomic mass is 35.5. The lowest BCUT2D eigenvalue weighted by molar-refractivity contribution is 0.632. The van der Waals surface area contributed by atoms with Gasteiger partial charge in [0.2, 0.25) is 0 Å². The molecule has 0 fully saturated rings. The minimum atomic E-state index is 0.141. The molecule has 1 atom stereocenters. The molecule has 0 radical (unpaired) electrons. The van der Waals surface area contributed by atoms with Gasteiger partial charge in [-0.25, -0.2) is 0 Å². The van der Waals surface area contributed by atoms with E-state index in [1.807, 2.05) is 6.07 Å². The van der Waals surface area contributed by atoms with E-state index in [1.165, 1.54) is 21.8 Å². The molecule has 17 heavy (non-hydrogen) atoms. The Morgan fingerprint density at radius 1 is 1.35 bits per heavy atom. The van der Waals surface area contributed by atoms with E-state index in [1.54, 1.807) is 11.3 Å². The zero-order chi connectivity index (χ0) is 12.4. The van der Waals surface area contributed by atoms with Crippen molar-refractivity contribution in [3.05, 3.63) is 42.2 Å². The maximum atomic E-state index is 6.24. The molecule has 0 aliphatic heterocycles. The highest BCUT2D eigenvalue weighted by molar-refractivity contribution is 7.20. The molecular formula is C12H13Cl2NS2. The van der Waals surface area contributed by atoms with Crippen LogP contribution in [0, 0.1) is 6.92 Å². The summed E-state index contributed by atoms with van der Waals surface area (Å²) >= 11 is 15.4. The first-order valence-corrected chi connectivity index (χ1v) is 7.80. The topological polar surface area (TPSA) is 12.0 Å². The van der Waals surface area contributed by atoms with Gasteiger partial charge in [-0.2, -0.15) is 0 Å². The maximum Gasteiger partial charge on any atom is 0.0995 e. The molecule has 0 saturated heterocycles. The molecule has 0 bridgehead atoms. The van der Waals surface area contributed by atoms with Crippen LogP contribution in [-0.4, -0.2) is 6.54 Å². The molecule has 1 nitrogen and oxygen atoms in total. The first kappa shape index (κ1) is 13.4. The number of rotatable bonds is 4. The van der Waals surface area contributed by atoms with E-state index in [4.69, 9.17) is 23.2 Å². The summed E-state index contributed by atoms with van der Waals surface area (Å²) in [7, 11) is 0. The Kier molecular flexibility index (Phi) is 4.50. The van der Waals surface area contributed by atoms with Gasteiger partial charge in [0.05, 0.1) is 14.7 Å². The Morgan fingerprint density at radius 2 is 2.12 bits per heavy atom. The highest BCUT2D eigenvalue weighted by Gasteiger charge is 2.20. The maximum absolute atomic E-state index is 6.24. The minimum absolute atomic E-state index is 0.141. The van der Waals surface area contributed by atoms with Crippen molar-refractivity contribution in [3.8, 4) is 0 Å². The molecule has 1 unspecified atom stereocenters. The smallest absolute Gasteiger partial charge is 0.0995 e. The summed E-state index contributed by atoms with van der Waals surface area (Å²) in [5.41, 5.74) is 2.36. The van der Waals surface area contributed by atoms with Crippen LogP contribution >= 0.6 is 45.9 Å². The Hall–Kier alpha value is -0.0600. The normalized spacial score (nSPS) is 12.9. The van der Waals surface area contributed by atoms with E-state index in [2.05, 4.69) is 30.6 Å². The Bertz CT molecular complexity index is 504. The van der Waals surface area contributed by atoms with E-state index in [0.717, 1.165) is 20.8 Å². The summed E-state index contributed by atoms with van der Waals surface area (Å²) in [6, 6.07) is 4.25. The number of halogens is 2. The molecule has 92 valence electrons. The molecule has 0 spiro atoms. The summed E-state index contributed by atoms with van der Waals surface area (Å²) in [6.07, 6.45) is 0. The number of nitrogens with one attached hydrogen (secondary N) is 1. The summed E-state index contributed by atoms with van der Waals surface area (Å²) < 4.78 is 1.51. The van der Waals surface area contributed by atoms with Crippen molar-refractivity contribution in [3.63, 3.8) is 0 Å². The minimum Gasteiger partial charge on any atom is -0.306 e. The SMILES string of the molecule is CCNC(c1ccsc1C)c1cc(Cl)sc1Cl. The van der Waals surface area contributed by atoms with Gasteiger partial charge in [0.15, 0.2) is 0 Å². The molecule has 0 aromatic carbocycles. The van der Waals surface area contributed by atoms with Crippen molar-refractivity contribution in [2.24, 2.45) is 0 Å². The third-order valence-corrected chi connectivity index (χ3v) is 4.99. The predicted octanol–water partition coefficient (Wildman–Crippen LogP) is 5.12. The first-order chi connectivity index (χ1) is 8.13. The van der Waals surface area contributed by atoms with E-state index >= 15 is 0 Å². The van der Waals surface area contributed by atoms with Crippen LogP contribution in [0.5, 0.6) is 0 Å². The quantitative estimate of drug-likeness (QED) is 0.826. The fourth-order valence-corrected chi connectivity index (χ4v) is 4.11. The van der Waals surface area contributed by atoms with Crippen LogP contribution < -0.4 is 5.32 Å². The van der Waals surface area contributed by atoms with Crippen LogP contribution in [0.25, 0.3) is 0 Å². The molecule has 0 amide bonds. The van der Waals surface area contributed by atoms with Crippen molar-refractivity contribution in [1.82, 2.24) is 5.32 Å². The van der Waals surface area contributed by atoms with Crippen LogP contribution in [0.4, 0.5) is 0 Å². The lowest BCUT2D eigenvalue weighted by atomic mass is 10.0. The molecule has 2 aromatic heterocycles. The number of hydrogen-bond donors (Lipinski definition) is 1. The molecular weight excluding hydrogens is 293 g/mol. The van der Waals surface area contributed by atoms with Crippen LogP contribution in [0.15, 0.2) is 17.5 Å². The predicted molar refractivity (Wildman–Crippen MR) is 78.9 cm³/mol. The second kappa shape index (κ2) is 5.72. The van der Waals surface area contributed by atoms with E-state index in [-0.39, 0.29) is 6.04 Å². The lowest BCUT2D eigenvalue weighted by Crippen LogP contribution is -2.21. The van der Waals surface area contributed by atoms with Crippen molar-refractivity contribution in [2.45, 2.75) is 19.9 Å². The van der Waals surface area contributed by atoms with Crippen molar-refractivity contribution in [2.75, 3.05) is 6.54 Å². The first-order valence-electron chi connectivity index (χ1n) is 5.35. The van der Waals surface area contributed by atoms with Crippen molar-refractivity contribution < 1.29 is 0 Å². The van der Waals surface area contributed by atoms with Gasteiger partial charge in [0.1, 0.15) is 0 Å². The molecule has 2 aromatic rings. The number of aryl methyl sites for hydroxylation is 1. The van der Waals surface area contributed by atoms with Crippen LogP contribution in [0.2, 0.25) is 8.67 Å². The molecule has 1 N–H and O–H groups in total. The number of thiophene rings is 2. The van der Waals surface area contributed by atoms with Crippen LogP contribution in [0.1, 0.15) is 29.0 Å². The van der Waals surface area contributed by atoms with E-state index in [0.29, 0.717) is 0 Å². The molecule has 5 heteroatoms. The Balaban J connectivity index is 2.42. The zero-order valence-electron chi connectivity index (χ0n) is 9.59. The summed E-state index contributed by atoms with van der Waals surface area (Å²) in [5.74, 6) is 0. The lowest BCUT2D eigenvalue weighted by Gasteiger charge is -2.17. The van der Waals surface area contributed by atoms with Gasteiger partial charge in [-0.15, -0.1) is 22.7 Å². The standard InChI is InChI=1S/C12H13Cl2NS2/c1-3-15-11(8-4-5-16-7(8)2)9-6-10(13)17-12(9)14/h4-6,11,15H,3H2,1-2H3. The molecule has 2 heterocycles. The highest BCUT2D eigenvalue weighted by Crippen LogP contribution is 2.38. The Labute approximate surface area is 119 Å². The van der Waals surface area contributed by atoms with Gasteiger partial charge in [0.25, 0.3) is 0 Å². The van der Waals surface area contributed by atoms with Crippen molar-refractivity contribution in [1.29, 1.82) is 0 Å². The van der Waals surface area contributed by atoms with E-state index < -0.39 is 0 Å². The number of hydrogen-bond acceptors (Lipinski definition) is 3. The monoisotopic (exact) mass is 305 g/mol. The van der Waals surface area contributed by atoms with Crippen molar-refractivity contribution >= 4 is 45.9 Å². The third-order valence-electron chi connectivity index (χ3n) is 2.61. The summed E-state index contributed by atoms with van der Waals surface area (Å²) in [4.78, 5) is 1.31. The average molecular weight is 306 g/mol. The fraction of sp³-hybridized carbons (Fsp3) is 0.333. The van der Waals surface area contributed by atoms with Crippen LogP contribution in [0.3, 0.4) is 0 Å². The van der Waals surface area contributed by atoms with Gasteiger partial charge in [0, 0.05) is 10.4 Å². The second-order valence-corrected chi connectivity index (χ2v) is 7.11. The van der Waals surface area contributed by atoms with Gasteiger partial charge in [-0.3, -0.25) is 0 Å². The summed E-state index contributed by atoms with van der Waals surface area (Å²) in [5, 5.41) is 5.57. The molecule has 0 aliphatic rings. The molecule has 2 rings (SSSR count). The summed E-state index contributed by atoms with van der Waals surface area (Å²) in [6.45, 7) is 5.12. The second-order valence-electron chi connectivity index (χ2n) is 3.70.